The molecule has 0 unspecified atom stereocenters. The normalized spacial score (nSPS) is 48.2. The molecule has 3 fully saturated rings. The topological polar surface area (TPSA) is 101 Å². The van der Waals surface area contributed by atoms with Gasteiger partial charge < -0.3 is 5.11 Å². The highest BCUT2D eigenvalue weighted by Crippen LogP contribution is 2.68. The molecule has 0 saturated heterocycles. The lowest BCUT2D eigenvalue weighted by atomic mass is 9.47. The summed E-state index contributed by atoms with van der Waals surface area (Å²) >= 11 is 0. The van der Waals surface area contributed by atoms with E-state index < -0.39 is 21.4 Å². The Morgan fingerprint density at radius 3 is 2.46 bits per heavy atom. The molecule has 2 N–H and O–H groups in total. The number of aliphatic hydroxyl groups excluding tert-OH is 1. The molecular weight excluding hydrogens is 380 g/mol. The highest BCUT2D eigenvalue weighted by Gasteiger charge is 2.67. The minimum Gasteiger partial charge on any atom is -0.393 e. The van der Waals surface area contributed by atoms with Crippen LogP contribution in [0.1, 0.15) is 72.1 Å². The van der Waals surface area contributed by atoms with Gasteiger partial charge in [-0.05, 0) is 81.5 Å². The molecule has 0 amide bonds. The number of hydrogen-bond donors (Lipinski definition) is 2. The van der Waals surface area contributed by atoms with E-state index in [4.69, 9.17) is 4.18 Å². The molecule has 158 valence electrons. The van der Waals surface area contributed by atoms with E-state index in [1.165, 1.54) is 12.5 Å². The fourth-order valence-electron chi connectivity index (χ4n) is 7.59. The van der Waals surface area contributed by atoms with Gasteiger partial charge in [0.2, 0.25) is 0 Å². The van der Waals surface area contributed by atoms with Gasteiger partial charge in [-0.15, -0.1) is 0 Å². The standard InChI is InChI=1S/C21H32O6S/c1-13(22)21(27-28(24,25)26)11-8-18-16-5-4-14-12-15(23)6-9-19(14,2)17(16)7-10-20(18,21)3/h4,15-18,23H,5-12H2,1-3H3,(H,24,25,26)/t15-,16+,17-,18-,19-,20-,21-/m0/s1. The molecule has 0 spiro atoms. The number of rotatable bonds is 3. The number of carbonyl (C=O) groups excluding carboxylic acids is 1. The molecule has 4 aliphatic carbocycles. The van der Waals surface area contributed by atoms with Crippen LogP contribution in [0.4, 0.5) is 0 Å². The van der Waals surface area contributed by atoms with E-state index in [-0.39, 0.29) is 23.2 Å². The largest absolute Gasteiger partial charge is 0.398 e. The number of aliphatic hydroxyl groups is 1. The molecule has 0 heterocycles. The van der Waals surface area contributed by atoms with Gasteiger partial charge in [0, 0.05) is 5.41 Å². The van der Waals surface area contributed by atoms with Crippen molar-refractivity contribution in [2.45, 2.75) is 83.8 Å². The third-order valence-corrected chi connectivity index (χ3v) is 9.51. The zero-order valence-corrected chi connectivity index (χ0v) is 17.8. The lowest BCUT2D eigenvalue weighted by molar-refractivity contribution is -0.153. The van der Waals surface area contributed by atoms with Gasteiger partial charge in [0.1, 0.15) is 0 Å². The Bertz CT molecular complexity index is 819. The summed E-state index contributed by atoms with van der Waals surface area (Å²) in [5.74, 6) is 0.714. The van der Waals surface area contributed by atoms with Crippen LogP contribution in [0.15, 0.2) is 11.6 Å². The molecule has 0 aromatic heterocycles. The van der Waals surface area contributed by atoms with E-state index >= 15 is 0 Å². The van der Waals surface area contributed by atoms with E-state index in [2.05, 4.69) is 13.0 Å². The van der Waals surface area contributed by atoms with E-state index in [0.717, 1.165) is 38.5 Å². The van der Waals surface area contributed by atoms with Crippen molar-refractivity contribution in [3.8, 4) is 0 Å². The van der Waals surface area contributed by atoms with Crippen molar-refractivity contribution in [2.24, 2.45) is 28.6 Å². The predicted octanol–water partition coefficient (Wildman–Crippen LogP) is 3.46. The van der Waals surface area contributed by atoms with Crippen molar-refractivity contribution in [1.82, 2.24) is 0 Å². The van der Waals surface area contributed by atoms with Crippen molar-refractivity contribution < 1.29 is 27.1 Å². The average Bonchev–Trinajstić information content (AvgIpc) is 2.88. The minimum atomic E-state index is -4.73. The van der Waals surface area contributed by atoms with Gasteiger partial charge in [0.05, 0.1) is 6.10 Å². The van der Waals surface area contributed by atoms with Crippen LogP contribution in [0.5, 0.6) is 0 Å². The Morgan fingerprint density at radius 1 is 1.14 bits per heavy atom. The zero-order valence-electron chi connectivity index (χ0n) is 17.0. The van der Waals surface area contributed by atoms with Crippen molar-refractivity contribution in [3.63, 3.8) is 0 Å². The maximum Gasteiger partial charge on any atom is 0.398 e. The number of carbonyl (C=O) groups is 1. The van der Waals surface area contributed by atoms with Crippen LogP contribution in [0.3, 0.4) is 0 Å². The van der Waals surface area contributed by atoms with Gasteiger partial charge in [0.15, 0.2) is 11.4 Å². The maximum absolute atomic E-state index is 12.7. The van der Waals surface area contributed by atoms with Crippen molar-refractivity contribution in [1.29, 1.82) is 0 Å². The van der Waals surface area contributed by atoms with E-state index in [0.29, 0.717) is 24.7 Å². The number of ketones is 1. The fraction of sp³-hybridized carbons (Fsp3) is 0.857. The third kappa shape index (κ3) is 2.76. The summed E-state index contributed by atoms with van der Waals surface area (Å²) in [5, 5.41) is 10.1. The summed E-state index contributed by atoms with van der Waals surface area (Å²) in [6, 6.07) is 0. The molecule has 7 heteroatoms. The Hall–Kier alpha value is -0.760. The number of hydrogen-bond acceptors (Lipinski definition) is 5. The van der Waals surface area contributed by atoms with Gasteiger partial charge in [-0.25, -0.2) is 4.18 Å². The Morgan fingerprint density at radius 2 is 1.82 bits per heavy atom. The summed E-state index contributed by atoms with van der Waals surface area (Å²) in [5.41, 5.74) is -0.620. The second kappa shape index (κ2) is 6.37. The Labute approximate surface area is 167 Å². The highest BCUT2D eigenvalue weighted by molar-refractivity contribution is 7.81. The Kier molecular flexibility index (Phi) is 4.66. The molecule has 0 aliphatic heterocycles. The van der Waals surface area contributed by atoms with Crippen LogP contribution >= 0.6 is 0 Å². The smallest absolute Gasteiger partial charge is 0.393 e. The molecule has 0 bridgehead atoms. The van der Waals surface area contributed by atoms with Gasteiger partial charge in [-0.1, -0.05) is 25.5 Å². The van der Waals surface area contributed by atoms with E-state index in [1.54, 1.807) is 0 Å². The first-order valence-electron chi connectivity index (χ1n) is 10.5. The number of allylic oxidation sites excluding steroid dienone is 1. The lowest BCUT2D eigenvalue weighted by Gasteiger charge is -2.58. The molecular formula is C21H32O6S. The number of fused-ring (bicyclic) bond motifs is 5. The van der Waals surface area contributed by atoms with Crippen LogP contribution in [-0.4, -0.2) is 35.6 Å². The zero-order chi connectivity index (χ0) is 20.5. The van der Waals surface area contributed by atoms with Gasteiger partial charge in [-0.3, -0.25) is 9.35 Å². The number of Topliss-reactive ketones (excluding diaryl/α,β-unsaturated/α-hetero) is 1. The van der Waals surface area contributed by atoms with Crippen LogP contribution in [0.25, 0.3) is 0 Å². The van der Waals surface area contributed by atoms with E-state index in [9.17, 15) is 22.9 Å². The summed E-state index contributed by atoms with van der Waals surface area (Å²) in [7, 11) is -4.73. The summed E-state index contributed by atoms with van der Waals surface area (Å²) in [4.78, 5) is 12.7. The molecule has 0 radical (unpaired) electrons. The SMILES string of the molecule is CC(=O)[C@@]1(OS(=O)(=O)O)CC[C@H]2[C@@H]3CC=C4C[C@@H](O)CC[C@]4(C)[C@H]3CC[C@@]21C. The van der Waals surface area contributed by atoms with Gasteiger partial charge >= 0.3 is 10.4 Å². The van der Waals surface area contributed by atoms with E-state index in [1.807, 2.05) is 6.92 Å². The monoisotopic (exact) mass is 412 g/mol. The highest BCUT2D eigenvalue weighted by atomic mass is 32.3. The second-order valence-corrected chi connectivity index (χ2v) is 11.1. The summed E-state index contributed by atoms with van der Waals surface area (Å²) in [6.07, 6.45) is 8.19. The van der Waals surface area contributed by atoms with Crippen LogP contribution in [0, 0.1) is 28.6 Å². The first-order valence-corrected chi connectivity index (χ1v) is 11.9. The second-order valence-electron chi connectivity index (χ2n) is 10.0. The van der Waals surface area contributed by atoms with Crippen LogP contribution in [0.2, 0.25) is 0 Å². The first kappa shape index (κ1) is 20.5. The average molecular weight is 413 g/mol. The molecule has 4 aliphatic rings. The van der Waals surface area contributed by atoms with Crippen molar-refractivity contribution in [3.05, 3.63) is 11.6 Å². The van der Waals surface area contributed by atoms with Crippen LogP contribution < -0.4 is 0 Å². The summed E-state index contributed by atoms with van der Waals surface area (Å²) in [6.45, 7) is 5.69. The van der Waals surface area contributed by atoms with Crippen LogP contribution in [-0.2, 0) is 19.4 Å². The maximum atomic E-state index is 12.7. The Balaban J connectivity index is 1.71. The molecule has 7 atom stereocenters. The quantitative estimate of drug-likeness (QED) is 0.544. The molecule has 28 heavy (non-hydrogen) atoms. The fourth-order valence-corrected chi connectivity index (χ4v) is 8.34. The summed E-state index contributed by atoms with van der Waals surface area (Å²) < 4.78 is 37.8. The molecule has 3 saturated carbocycles. The predicted molar refractivity (Wildman–Crippen MR) is 104 cm³/mol. The van der Waals surface area contributed by atoms with Crippen molar-refractivity contribution >= 4 is 16.2 Å². The third-order valence-electron chi connectivity index (χ3n) is 9.01. The first-order chi connectivity index (χ1) is 12.9. The molecule has 4 rings (SSSR count). The van der Waals surface area contributed by atoms with Gasteiger partial charge in [0.25, 0.3) is 0 Å². The minimum absolute atomic E-state index is 0.0782. The van der Waals surface area contributed by atoms with Gasteiger partial charge in [-0.2, -0.15) is 8.42 Å². The van der Waals surface area contributed by atoms with Crippen molar-refractivity contribution in [2.75, 3.05) is 0 Å². The molecule has 0 aromatic rings. The molecule has 6 nitrogen and oxygen atoms in total. The lowest BCUT2D eigenvalue weighted by Crippen LogP contribution is -2.58. The molecule has 0 aromatic carbocycles.